The molecule has 0 saturated heterocycles. The quantitative estimate of drug-likeness (QED) is 0.481. The van der Waals surface area contributed by atoms with Crippen molar-refractivity contribution in [2.45, 2.75) is 51.0 Å². The molecule has 0 fully saturated rings. The second kappa shape index (κ2) is 6.16. The predicted molar refractivity (Wildman–Crippen MR) is 88.2 cm³/mol. The van der Waals surface area contributed by atoms with Crippen molar-refractivity contribution in [3.05, 3.63) is 30.3 Å². The van der Waals surface area contributed by atoms with E-state index in [2.05, 4.69) is 41.5 Å². The fourth-order valence-corrected chi connectivity index (χ4v) is 4.21. The monoisotopic (exact) mass is 281 g/mol. The summed E-state index contributed by atoms with van der Waals surface area (Å²) in [6.45, 7) is 13.3. The van der Waals surface area contributed by atoms with Crippen molar-refractivity contribution in [1.82, 2.24) is 0 Å². The molecule has 0 aliphatic carbocycles. The van der Waals surface area contributed by atoms with Gasteiger partial charge in [-0.2, -0.15) is 0 Å². The summed E-state index contributed by atoms with van der Waals surface area (Å²) in [5, 5.41) is 0. The number of rotatable bonds is 1. The van der Waals surface area contributed by atoms with Gasteiger partial charge < -0.3 is 0 Å². The van der Waals surface area contributed by atoms with Gasteiger partial charge in [0.2, 0.25) is 0 Å². The van der Waals surface area contributed by atoms with Crippen molar-refractivity contribution in [1.29, 1.82) is 0 Å². The Morgan fingerprint density at radius 3 is 1.67 bits per heavy atom. The van der Waals surface area contributed by atoms with E-state index < -0.39 is 0 Å². The number of nitrogens with zero attached hydrogens (tertiary/aromatic N) is 1. The van der Waals surface area contributed by atoms with Gasteiger partial charge in [-0.3, -0.25) is 0 Å². The molecule has 18 heavy (non-hydrogen) atoms. The topological polar surface area (TPSA) is 12.4 Å². The van der Waals surface area contributed by atoms with Gasteiger partial charge >= 0.3 is 0 Å². The zero-order chi connectivity index (χ0) is 13.8. The van der Waals surface area contributed by atoms with E-state index in [4.69, 9.17) is 4.99 Å². The highest BCUT2D eigenvalue weighted by Crippen LogP contribution is 2.37. The summed E-state index contributed by atoms with van der Waals surface area (Å²) in [5.41, 5.74) is 1.03. The van der Waals surface area contributed by atoms with E-state index in [0.717, 1.165) is 10.1 Å². The molecule has 0 heterocycles. The lowest BCUT2D eigenvalue weighted by Gasteiger charge is -2.23. The molecule has 100 valence electrons. The highest BCUT2D eigenvalue weighted by atomic mass is 32.2. The maximum Gasteiger partial charge on any atom is 0.131 e. The van der Waals surface area contributed by atoms with Crippen LogP contribution in [0.2, 0.25) is 0 Å². The zero-order valence-corrected chi connectivity index (χ0v) is 13.8. The highest BCUT2D eigenvalue weighted by Gasteiger charge is 2.21. The molecule has 0 spiro atoms. The maximum absolute atomic E-state index is 4.77. The molecule has 0 aliphatic heterocycles. The average molecular weight is 281 g/mol. The van der Waals surface area contributed by atoms with Gasteiger partial charge in [-0.25, -0.2) is 4.99 Å². The summed E-state index contributed by atoms with van der Waals surface area (Å²) >= 11 is 3.67. The SMILES string of the molecule is CC(C)(C)SC(=Nc1ccccc1)SC(C)(C)C. The van der Waals surface area contributed by atoms with Crippen LogP contribution in [0.15, 0.2) is 35.3 Å². The van der Waals surface area contributed by atoms with Gasteiger partial charge in [-0.1, -0.05) is 83.3 Å². The third-order valence-electron chi connectivity index (χ3n) is 1.76. The van der Waals surface area contributed by atoms with Crippen LogP contribution in [0.25, 0.3) is 0 Å². The number of thioether (sulfide) groups is 2. The second-order valence-electron chi connectivity index (χ2n) is 6.14. The average Bonchev–Trinajstić information content (AvgIpc) is 2.13. The molecule has 1 aromatic rings. The minimum absolute atomic E-state index is 0.186. The highest BCUT2D eigenvalue weighted by molar-refractivity contribution is 8.39. The van der Waals surface area contributed by atoms with E-state index in [-0.39, 0.29) is 9.49 Å². The first-order chi connectivity index (χ1) is 8.16. The third kappa shape index (κ3) is 7.12. The Hall–Kier alpha value is -0.410. The van der Waals surface area contributed by atoms with Crippen LogP contribution < -0.4 is 0 Å². The first-order valence-electron chi connectivity index (χ1n) is 6.17. The smallest absolute Gasteiger partial charge is 0.131 e. The van der Waals surface area contributed by atoms with Crippen LogP contribution in [0.3, 0.4) is 0 Å². The van der Waals surface area contributed by atoms with Gasteiger partial charge in [-0.05, 0) is 12.1 Å². The molecule has 1 rings (SSSR count). The number of para-hydroxylation sites is 1. The normalized spacial score (nSPS) is 12.3. The molecule has 0 aromatic heterocycles. The van der Waals surface area contributed by atoms with Crippen molar-refractivity contribution < 1.29 is 0 Å². The lowest BCUT2D eigenvalue weighted by Crippen LogP contribution is -2.15. The molecule has 0 saturated carbocycles. The van der Waals surface area contributed by atoms with E-state index in [1.807, 2.05) is 53.9 Å². The number of aliphatic imine (C=N–C) groups is 1. The fraction of sp³-hybridized carbons (Fsp3) is 0.533. The van der Waals surface area contributed by atoms with E-state index in [0.29, 0.717) is 0 Å². The summed E-state index contributed by atoms with van der Waals surface area (Å²) in [6, 6.07) is 10.2. The van der Waals surface area contributed by atoms with E-state index in [9.17, 15) is 0 Å². The lowest BCUT2D eigenvalue weighted by molar-refractivity contribution is 0.806. The van der Waals surface area contributed by atoms with Gasteiger partial charge in [0.1, 0.15) is 4.38 Å². The van der Waals surface area contributed by atoms with Gasteiger partial charge in [0.15, 0.2) is 0 Å². The van der Waals surface area contributed by atoms with E-state index in [1.54, 1.807) is 0 Å². The van der Waals surface area contributed by atoms with Crippen LogP contribution in [0.4, 0.5) is 5.69 Å². The summed E-state index contributed by atoms with van der Waals surface area (Å²) in [5.74, 6) is 0. The zero-order valence-electron chi connectivity index (χ0n) is 12.2. The Labute approximate surface area is 120 Å². The van der Waals surface area contributed by atoms with Gasteiger partial charge in [-0.15, -0.1) is 0 Å². The van der Waals surface area contributed by atoms with Crippen molar-refractivity contribution in [3.8, 4) is 0 Å². The van der Waals surface area contributed by atoms with Gasteiger partial charge in [0.05, 0.1) is 5.69 Å². The van der Waals surface area contributed by atoms with Crippen LogP contribution in [0.5, 0.6) is 0 Å². The van der Waals surface area contributed by atoms with Crippen LogP contribution in [-0.4, -0.2) is 13.9 Å². The molecular formula is C15H23NS2. The van der Waals surface area contributed by atoms with Crippen molar-refractivity contribution in [2.75, 3.05) is 0 Å². The van der Waals surface area contributed by atoms with Gasteiger partial charge in [0.25, 0.3) is 0 Å². The lowest BCUT2D eigenvalue weighted by atomic mass is 10.3. The standard InChI is InChI=1S/C15H23NS2/c1-14(2,3)17-13(18-15(4,5)6)16-12-10-8-7-9-11-12/h7-11H,1-6H3. The molecule has 1 nitrogen and oxygen atoms in total. The Bertz CT molecular complexity index is 379. The van der Waals surface area contributed by atoms with Crippen molar-refractivity contribution in [3.63, 3.8) is 0 Å². The van der Waals surface area contributed by atoms with Crippen LogP contribution in [0, 0.1) is 0 Å². The first kappa shape index (κ1) is 15.6. The Kier molecular flexibility index (Phi) is 5.35. The van der Waals surface area contributed by atoms with Gasteiger partial charge in [0, 0.05) is 9.49 Å². The maximum atomic E-state index is 4.77. The molecule has 0 bridgehead atoms. The summed E-state index contributed by atoms with van der Waals surface area (Å²) in [6.07, 6.45) is 0. The molecule has 0 unspecified atom stereocenters. The van der Waals surface area contributed by atoms with E-state index in [1.165, 1.54) is 0 Å². The molecule has 0 aliphatic rings. The molecule has 0 N–H and O–H groups in total. The fourth-order valence-electron chi connectivity index (χ4n) is 1.20. The minimum atomic E-state index is 0.186. The Morgan fingerprint density at radius 1 is 0.833 bits per heavy atom. The Morgan fingerprint density at radius 2 is 1.28 bits per heavy atom. The first-order valence-corrected chi connectivity index (χ1v) is 7.81. The Balaban J connectivity index is 2.94. The van der Waals surface area contributed by atoms with Crippen LogP contribution in [0.1, 0.15) is 41.5 Å². The molecule has 0 amide bonds. The van der Waals surface area contributed by atoms with Crippen molar-refractivity contribution >= 4 is 33.6 Å². The predicted octanol–water partition coefficient (Wildman–Crippen LogP) is 5.74. The van der Waals surface area contributed by atoms with E-state index >= 15 is 0 Å². The van der Waals surface area contributed by atoms with Crippen LogP contribution >= 0.6 is 23.5 Å². The number of benzene rings is 1. The second-order valence-corrected chi connectivity index (χ2v) is 10.0. The largest absolute Gasteiger partial charge is 0.235 e. The van der Waals surface area contributed by atoms with Crippen LogP contribution in [-0.2, 0) is 0 Å². The molecule has 0 atom stereocenters. The summed E-state index contributed by atoms with van der Waals surface area (Å²) < 4.78 is 1.51. The summed E-state index contributed by atoms with van der Waals surface area (Å²) in [7, 11) is 0. The minimum Gasteiger partial charge on any atom is -0.235 e. The van der Waals surface area contributed by atoms with Crippen molar-refractivity contribution in [2.24, 2.45) is 4.99 Å². The number of hydrogen-bond acceptors (Lipinski definition) is 3. The molecule has 1 aromatic carbocycles. The third-order valence-corrected chi connectivity index (χ3v) is 4.02. The number of hydrogen-bond donors (Lipinski definition) is 0. The molecular weight excluding hydrogens is 258 g/mol. The molecule has 3 heteroatoms. The molecule has 0 radical (unpaired) electrons. The summed E-state index contributed by atoms with van der Waals surface area (Å²) in [4.78, 5) is 4.77.